The van der Waals surface area contributed by atoms with E-state index in [1.807, 2.05) is 42.9 Å². The molecule has 5 heteroatoms. The van der Waals surface area contributed by atoms with Gasteiger partial charge in [-0.2, -0.15) is 0 Å². The van der Waals surface area contributed by atoms with Crippen LogP contribution in [-0.2, 0) is 11.3 Å². The number of carbonyl (C=O) groups excluding carboxylic acids is 1. The maximum atomic E-state index is 12.3. The number of pyridine rings is 1. The molecule has 2 aromatic heterocycles. The fraction of sp³-hybridized carbons (Fsp3) is 0.333. The van der Waals surface area contributed by atoms with Crippen LogP contribution in [0.4, 0.5) is 0 Å². The summed E-state index contributed by atoms with van der Waals surface area (Å²) < 4.78 is 7.38. The van der Waals surface area contributed by atoms with E-state index in [2.05, 4.69) is 4.98 Å². The lowest BCUT2D eigenvalue weighted by Crippen LogP contribution is -2.33. The molecule has 0 aliphatic rings. The molecule has 0 aromatic carbocycles. The number of ether oxygens (including phenoxy) is 1. The summed E-state index contributed by atoms with van der Waals surface area (Å²) in [5.41, 5.74) is -0.502. The molecule has 0 N–H and O–H groups in total. The van der Waals surface area contributed by atoms with Crippen molar-refractivity contribution in [1.29, 1.82) is 0 Å². The number of hydrogen-bond acceptors (Lipinski definition) is 3. The molecule has 0 atom stereocenters. The maximum Gasteiger partial charge on any atom is 0.215 e. The van der Waals surface area contributed by atoms with Crippen LogP contribution in [0.3, 0.4) is 0 Å². The topological polar surface area (TPSA) is 44.1 Å². The molecule has 0 amide bonds. The molecule has 0 radical (unpaired) electrons. The van der Waals surface area contributed by atoms with E-state index in [1.54, 1.807) is 18.3 Å². The SMILES string of the molecule is CC(C)(Cn1cccc1)C(=O)COc1cc(Cl)ccn1. The van der Waals surface area contributed by atoms with E-state index in [1.165, 1.54) is 0 Å². The van der Waals surface area contributed by atoms with Gasteiger partial charge < -0.3 is 9.30 Å². The zero-order valence-electron chi connectivity index (χ0n) is 11.5. The van der Waals surface area contributed by atoms with Gasteiger partial charge in [-0.25, -0.2) is 4.98 Å². The van der Waals surface area contributed by atoms with Crippen LogP contribution in [0.15, 0.2) is 42.9 Å². The van der Waals surface area contributed by atoms with Crippen molar-refractivity contribution < 1.29 is 9.53 Å². The van der Waals surface area contributed by atoms with Gasteiger partial charge >= 0.3 is 0 Å². The zero-order valence-corrected chi connectivity index (χ0v) is 12.3. The van der Waals surface area contributed by atoms with Crippen LogP contribution in [0.5, 0.6) is 5.88 Å². The van der Waals surface area contributed by atoms with E-state index in [4.69, 9.17) is 16.3 Å². The van der Waals surface area contributed by atoms with Crippen LogP contribution in [0.2, 0.25) is 5.02 Å². The first kappa shape index (κ1) is 14.6. The number of hydrogen-bond donors (Lipinski definition) is 0. The van der Waals surface area contributed by atoms with Crippen LogP contribution in [0.25, 0.3) is 0 Å². The van der Waals surface area contributed by atoms with E-state index >= 15 is 0 Å². The van der Waals surface area contributed by atoms with Gasteiger partial charge in [0.25, 0.3) is 0 Å². The molecule has 0 fully saturated rings. The predicted octanol–water partition coefficient (Wildman–Crippen LogP) is 3.21. The lowest BCUT2D eigenvalue weighted by atomic mass is 9.88. The molecule has 20 heavy (non-hydrogen) atoms. The summed E-state index contributed by atoms with van der Waals surface area (Å²) >= 11 is 5.84. The lowest BCUT2D eigenvalue weighted by Gasteiger charge is -2.23. The van der Waals surface area contributed by atoms with Gasteiger partial charge in [0.1, 0.15) is 6.61 Å². The van der Waals surface area contributed by atoms with Gasteiger partial charge in [0, 0.05) is 41.6 Å². The highest BCUT2D eigenvalue weighted by molar-refractivity contribution is 6.30. The Morgan fingerprint density at radius 2 is 2.10 bits per heavy atom. The highest BCUT2D eigenvalue weighted by Crippen LogP contribution is 2.21. The lowest BCUT2D eigenvalue weighted by molar-refractivity contribution is -0.129. The molecule has 0 spiro atoms. The van der Waals surface area contributed by atoms with E-state index in [-0.39, 0.29) is 12.4 Å². The van der Waals surface area contributed by atoms with Gasteiger partial charge in [-0.15, -0.1) is 0 Å². The molecule has 0 unspecified atom stereocenters. The number of halogens is 1. The molecule has 0 saturated carbocycles. The largest absolute Gasteiger partial charge is 0.470 e. The van der Waals surface area contributed by atoms with Crippen LogP contribution in [0.1, 0.15) is 13.8 Å². The Bertz CT molecular complexity index is 579. The minimum Gasteiger partial charge on any atom is -0.470 e. The summed E-state index contributed by atoms with van der Waals surface area (Å²) in [6.07, 6.45) is 5.43. The predicted molar refractivity (Wildman–Crippen MR) is 78.0 cm³/mol. The quantitative estimate of drug-likeness (QED) is 0.821. The van der Waals surface area contributed by atoms with Crippen molar-refractivity contribution in [2.24, 2.45) is 5.41 Å². The van der Waals surface area contributed by atoms with Crippen molar-refractivity contribution in [3.8, 4) is 5.88 Å². The Labute approximate surface area is 123 Å². The fourth-order valence-electron chi connectivity index (χ4n) is 1.82. The summed E-state index contributed by atoms with van der Waals surface area (Å²) in [5, 5.41) is 0.536. The molecular formula is C15H17ClN2O2. The second kappa shape index (κ2) is 6.09. The third-order valence-electron chi connectivity index (χ3n) is 3.05. The van der Waals surface area contributed by atoms with Gasteiger partial charge in [0.15, 0.2) is 5.78 Å². The Balaban J connectivity index is 1.93. The van der Waals surface area contributed by atoms with Gasteiger partial charge in [-0.3, -0.25) is 4.79 Å². The smallest absolute Gasteiger partial charge is 0.215 e. The molecule has 0 bridgehead atoms. The molecule has 2 heterocycles. The van der Waals surface area contributed by atoms with E-state index in [0.29, 0.717) is 17.4 Å². The minimum absolute atomic E-state index is 0.0123. The number of rotatable bonds is 6. The molecule has 0 aliphatic heterocycles. The summed E-state index contributed by atoms with van der Waals surface area (Å²) in [6, 6.07) is 7.12. The van der Waals surface area contributed by atoms with Crippen molar-refractivity contribution in [3.63, 3.8) is 0 Å². The molecule has 106 valence electrons. The summed E-state index contributed by atoms with van der Waals surface area (Å²) in [7, 11) is 0. The zero-order chi connectivity index (χ0) is 14.6. The first-order valence-electron chi connectivity index (χ1n) is 6.36. The molecule has 4 nitrogen and oxygen atoms in total. The Hall–Kier alpha value is -1.81. The van der Waals surface area contributed by atoms with Crippen molar-refractivity contribution >= 4 is 17.4 Å². The maximum absolute atomic E-state index is 12.3. The van der Waals surface area contributed by atoms with Gasteiger partial charge in [-0.1, -0.05) is 25.4 Å². The number of aromatic nitrogens is 2. The van der Waals surface area contributed by atoms with Crippen LogP contribution in [0, 0.1) is 5.41 Å². The highest BCUT2D eigenvalue weighted by atomic mass is 35.5. The van der Waals surface area contributed by atoms with E-state index < -0.39 is 5.41 Å². The first-order valence-corrected chi connectivity index (χ1v) is 6.73. The van der Waals surface area contributed by atoms with Crippen molar-refractivity contribution in [2.75, 3.05) is 6.61 Å². The van der Waals surface area contributed by atoms with Crippen LogP contribution in [-0.4, -0.2) is 21.9 Å². The van der Waals surface area contributed by atoms with Gasteiger partial charge in [0.05, 0.1) is 0 Å². The van der Waals surface area contributed by atoms with Crippen molar-refractivity contribution in [3.05, 3.63) is 47.9 Å². The third-order valence-corrected chi connectivity index (χ3v) is 3.28. The summed E-state index contributed by atoms with van der Waals surface area (Å²) in [6.45, 7) is 4.42. The summed E-state index contributed by atoms with van der Waals surface area (Å²) in [4.78, 5) is 16.3. The second-order valence-electron chi connectivity index (χ2n) is 5.26. The molecule has 0 saturated heterocycles. The van der Waals surface area contributed by atoms with Crippen molar-refractivity contribution in [2.45, 2.75) is 20.4 Å². The normalized spacial score (nSPS) is 11.3. The number of ketones is 1. The summed E-state index contributed by atoms with van der Waals surface area (Å²) in [5.74, 6) is 0.385. The highest BCUT2D eigenvalue weighted by Gasteiger charge is 2.28. The van der Waals surface area contributed by atoms with Crippen molar-refractivity contribution in [1.82, 2.24) is 9.55 Å². The molecular weight excluding hydrogens is 276 g/mol. The monoisotopic (exact) mass is 292 g/mol. The Morgan fingerprint density at radius 3 is 2.75 bits per heavy atom. The molecule has 2 aromatic rings. The number of carbonyl (C=O) groups is 1. The standard InChI is InChI=1S/C15H17ClN2O2/c1-15(2,11-18-7-3-4-8-18)13(19)10-20-14-9-12(16)5-6-17-14/h3-9H,10-11H2,1-2H3. The Kier molecular flexibility index (Phi) is 4.45. The molecule has 0 aliphatic carbocycles. The number of nitrogens with zero attached hydrogens (tertiary/aromatic N) is 2. The van der Waals surface area contributed by atoms with E-state index in [9.17, 15) is 4.79 Å². The van der Waals surface area contributed by atoms with E-state index in [0.717, 1.165) is 0 Å². The van der Waals surface area contributed by atoms with Crippen LogP contribution < -0.4 is 4.74 Å². The first-order chi connectivity index (χ1) is 9.47. The van der Waals surface area contributed by atoms with Gasteiger partial charge in [-0.05, 0) is 18.2 Å². The second-order valence-corrected chi connectivity index (χ2v) is 5.70. The minimum atomic E-state index is -0.502. The fourth-order valence-corrected chi connectivity index (χ4v) is 1.97. The van der Waals surface area contributed by atoms with Crippen LogP contribution >= 0.6 is 11.6 Å². The average molecular weight is 293 g/mol. The number of Topliss-reactive ketones (excluding diaryl/α,β-unsaturated/α-hetero) is 1. The third kappa shape index (κ3) is 3.84. The average Bonchev–Trinajstić information content (AvgIpc) is 2.88. The molecule has 2 rings (SSSR count). The van der Waals surface area contributed by atoms with Gasteiger partial charge in [0.2, 0.25) is 5.88 Å². The Morgan fingerprint density at radius 1 is 1.40 bits per heavy atom.